The molecule has 0 aromatic heterocycles. The van der Waals surface area contributed by atoms with Crippen LogP contribution in [0.2, 0.25) is 5.02 Å². The van der Waals surface area contributed by atoms with Gasteiger partial charge in [-0.1, -0.05) is 54.6 Å². The third-order valence-electron chi connectivity index (χ3n) is 3.36. The topological polar surface area (TPSA) is 17.1 Å². The summed E-state index contributed by atoms with van der Waals surface area (Å²) in [6, 6.07) is 15.3. The Morgan fingerprint density at radius 1 is 1.00 bits per heavy atom. The van der Waals surface area contributed by atoms with E-state index in [1.54, 1.807) is 0 Å². The second kappa shape index (κ2) is 4.11. The SMILES string of the molecule is C=C1C(=O)c2ccccc2[C@@H]1c1ccc(Cl)cc1. The highest BCUT2D eigenvalue weighted by Crippen LogP contribution is 2.41. The van der Waals surface area contributed by atoms with Crippen LogP contribution in [-0.2, 0) is 0 Å². The normalized spacial score (nSPS) is 17.9. The van der Waals surface area contributed by atoms with Crippen molar-refractivity contribution in [2.45, 2.75) is 5.92 Å². The first-order chi connectivity index (χ1) is 8.68. The van der Waals surface area contributed by atoms with Gasteiger partial charge in [0.1, 0.15) is 0 Å². The number of benzene rings is 2. The first kappa shape index (κ1) is 11.2. The van der Waals surface area contributed by atoms with Gasteiger partial charge in [-0.25, -0.2) is 0 Å². The van der Waals surface area contributed by atoms with E-state index in [4.69, 9.17) is 11.6 Å². The fraction of sp³-hybridized carbons (Fsp3) is 0.0625. The lowest BCUT2D eigenvalue weighted by Crippen LogP contribution is -2.00. The Kier molecular flexibility index (Phi) is 2.57. The number of fused-ring (bicyclic) bond motifs is 1. The summed E-state index contributed by atoms with van der Waals surface area (Å²) in [5.74, 6) is 0.0107. The van der Waals surface area contributed by atoms with E-state index < -0.39 is 0 Å². The average molecular weight is 255 g/mol. The van der Waals surface area contributed by atoms with Gasteiger partial charge in [0, 0.05) is 22.1 Å². The van der Waals surface area contributed by atoms with Crippen molar-refractivity contribution in [3.8, 4) is 0 Å². The molecule has 1 aliphatic rings. The molecule has 1 aliphatic carbocycles. The molecule has 0 fully saturated rings. The third-order valence-corrected chi connectivity index (χ3v) is 3.61. The van der Waals surface area contributed by atoms with Crippen LogP contribution in [0.25, 0.3) is 0 Å². The van der Waals surface area contributed by atoms with Gasteiger partial charge in [-0.15, -0.1) is 0 Å². The third kappa shape index (κ3) is 1.59. The van der Waals surface area contributed by atoms with Crippen LogP contribution in [-0.4, -0.2) is 5.78 Å². The summed E-state index contributed by atoms with van der Waals surface area (Å²) in [6.07, 6.45) is 0. The highest BCUT2D eigenvalue weighted by molar-refractivity contribution is 6.30. The minimum Gasteiger partial charge on any atom is -0.289 e. The van der Waals surface area contributed by atoms with E-state index >= 15 is 0 Å². The van der Waals surface area contributed by atoms with Gasteiger partial charge >= 0.3 is 0 Å². The maximum Gasteiger partial charge on any atom is 0.189 e. The Morgan fingerprint density at radius 2 is 1.67 bits per heavy atom. The zero-order valence-electron chi connectivity index (χ0n) is 9.69. The fourth-order valence-electron chi connectivity index (χ4n) is 2.48. The van der Waals surface area contributed by atoms with Crippen molar-refractivity contribution in [1.29, 1.82) is 0 Å². The summed E-state index contributed by atoms with van der Waals surface area (Å²) in [7, 11) is 0. The Hall–Kier alpha value is -1.86. The largest absolute Gasteiger partial charge is 0.289 e. The molecular formula is C16H11ClO. The molecule has 1 nitrogen and oxygen atoms in total. The number of carbonyl (C=O) groups is 1. The number of halogens is 1. The summed E-state index contributed by atoms with van der Waals surface area (Å²) in [5, 5.41) is 0.696. The van der Waals surface area contributed by atoms with Crippen molar-refractivity contribution in [2.75, 3.05) is 0 Å². The minimum absolute atomic E-state index is 0.0361. The first-order valence-electron chi connectivity index (χ1n) is 5.76. The van der Waals surface area contributed by atoms with Crippen molar-refractivity contribution >= 4 is 17.4 Å². The standard InChI is InChI=1S/C16H11ClO/c1-10-15(11-6-8-12(17)9-7-11)13-4-2-3-5-14(13)16(10)18/h2-9,15H,1H2/t15-/m0/s1. The Morgan fingerprint density at radius 3 is 2.39 bits per heavy atom. The first-order valence-corrected chi connectivity index (χ1v) is 6.14. The Balaban J connectivity index is 2.16. The molecule has 0 heterocycles. The lowest BCUT2D eigenvalue weighted by atomic mass is 9.91. The monoisotopic (exact) mass is 254 g/mol. The molecule has 3 rings (SSSR count). The second-order valence-corrected chi connectivity index (χ2v) is 4.86. The van der Waals surface area contributed by atoms with Crippen LogP contribution in [0, 0.1) is 0 Å². The molecule has 1 atom stereocenters. The van der Waals surface area contributed by atoms with E-state index in [1.165, 1.54) is 0 Å². The van der Waals surface area contributed by atoms with Crippen molar-refractivity contribution in [3.63, 3.8) is 0 Å². The number of allylic oxidation sites excluding steroid dienone is 1. The van der Waals surface area contributed by atoms with E-state index in [0.717, 1.165) is 16.7 Å². The van der Waals surface area contributed by atoms with E-state index in [9.17, 15) is 4.79 Å². The highest BCUT2D eigenvalue weighted by atomic mass is 35.5. The molecule has 0 saturated heterocycles. The van der Waals surface area contributed by atoms with Crippen LogP contribution >= 0.6 is 11.6 Å². The zero-order valence-corrected chi connectivity index (χ0v) is 10.4. The number of carbonyl (C=O) groups excluding carboxylic acids is 1. The molecular weight excluding hydrogens is 244 g/mol. The van der Waals surface area contributed by atoms with Gasteiger partial charge in [-0.3, -0.25) is 4.79 Å². The summed E-state index contributed by atoms with van der Waals surface area (Å²) in [5.41, 5.74) is 3.50. The summed E-state index contributed by atoms with van der Waals surface area (Å²) >= 11 is 5.89. The molecule has 88 valence electrons. The summed E-state index contributed by atoms with van der Waals surface area (Å²) in [6.45, 7) is 3.95. The molecule has 0 bridgehead atoms. The van der Waals surface area contributed by atoms with Gasteiger partial charge in [-0.2, -0.15) is 0 Å². The molecule has 2 heteroatoms. The minimum atomic E-state index is -0.0361. The van der Waals surface area contributed by atoms with Gasteiger partial charge in [0.05, 0.1) is 0 Å². The molecule has 0 saturated carbocycles. The van der Waals surface area contributed by atoms with Gasteiger partial charge in [0.2, 0.25) is 0 Å². The smallest absolute Gasteiger partial charge is 0.189 e. The van der Waals surface area contributed by atoms with Crippen molar-refractivity contribution < 1.29 is 4.79 Å². The molecule has 2 aromatic rings. The molecule has 0 aliphatic heterocycles. The second-order valence-electron chi connectivity index (χ2n) is 4.43. The van der Waals surface area contributed by atoms with Gasteiger partial charge in [0.15, 0.2) is 5.78 Å². The van der Waals surface area contributed by atoms with E-state index in [0.29, 0.717) is 10.6 Å². The number of rotatable bonds is 1. The Labute approximate surface area is 111 Å². The predicted octanol–water partition coefficient (Wildman–Crippen LogP) is 4.22. The molecule has 0 unspecified atom stereocenters. The molecule has 0 amide bonds. The predicted molar refractivity (Wildman–Crippen MR) is 73.2 cm³/mol. The quantitative estimate of drug-likeness (QED) is 0.696. The summed E-state index contributed by atoms with van der Waals surface area (Å²) in [4.78, 5) is 12.1. The highest BCUT2D eigenvalue weighted by Gasteiger charge is 2.33. The summed E-state index contributed by atoms with van der Waals surface area (Å²) < 4.78 is 0. The van der Waals surface area contributed by atoms with E-state index in [1.807, 2.05) is 48.5 Å². The van der Waals surface area contributed by atoms with Gasteiger partial charge < -0.3 is 0 Å². The molecule has 0 radical (unpaired) electrons. The van der Waals surface area contributed by atoms with Crippen LogP contribution in [0.1, 0.15) is 27.4 Å². The van der Waals surface area contributed by atoms with Crippen molar-refractivity contribution in [1.82, 2.24) is 0 Å². The maximum atomic E-state index is 12.1. The number of Topliss-reactive ketones (excluding diaryl/α,β-unsaturated/α-hetero) is 1. The Bertz CT molecular complexity index is 640. The lowest BCUT2D eigenvalue weighted by molar-refractivity contribution is 0.103. The maximum absolute atomic E-state index is 12.1. The van der Waals surface area contributed by atoms with Crippen LogP contribution in [0.15, 0.2) is 60.7 Å². The van der Waals surface area contributed by atoms with Crippen LogP contribution in [0.3, 0.4) is 0 Å². The van der Waals surface area contributed by atoms with Gasteiger partial charge in [0.25, 0.3) is 0 Å². The van der Waals surface area contributed by atoms with Crippen LogP contribution in [0.4, 0.5) is 0 Å². The molecule has 18 heavy (non-hydrogen) atoms. The van der Waals surface area contributed by atoms with Gasteiger partial charge in [-0.05, 0) is 23.3 Å². The molecule has 0 spiro atoms. The van der Waals surface area contributed by atoms with Crippen molar-refractivity contribution in [2.24, 2.45) is 0 Å². The lowest BCUT2D eigenvalue weighted by Gasteiger charge is -2.12. The fourth-order valence-corrected chi connectivity index (χ4v) is 2.61. The van der Waals surface area contributed by atoms with Crippen molar-refractivity contribution in [3.05, 3.63) is 82.4 Å². The number of hydrogen-bond acceptors (Lipinski definition) is 1. The van der Waals surface area contributed by atoms with Crippen LogP contribution < -0.4 is 0 Å². The zero-order chi connectivity index (χ0) is 12.7. The van der Waals surface area contributed by atoms with Crippen LogP contribution in [0.5, 0.6) is 0 Å². The molecule has 0 N–H and O–H groups in total. The molecule has 2 aromatic carbocycles. The van der Waals surface area contributed by atoms with E-state index in [2.05, 4.69) is 6.58 Å². The average Bonchev–Trinajstić information content (AvgIpc) is 2.64. The van der Waals surface area contributed by atoms with E-state index in [-0.39, 0.29) is 11.7 Å². The number of ketones is 1. The number of hydrogen-bond donors (Lipinski definition) is 0.